The number of aliphatic carboxylic acids is 2. The summed E-state index contributed by atoms with van der Waals surface area (Å²) in [6.07, 6.45) is -0.0789. The Labute approximate surface area is 134 Å². The molecular weight excluding hydrogens is 292 g/mol. The van der Waals surface area contributed by atoms with E-state index in [0.717, 1.165) is 16.7 Å². The number of hydrogen-bond donors (Lipinski definition) is 2. The van der Waals surface area contributed by atoms with Crippen LogP contribution in [0.4, 0.5) is 0 Å². The van der Waals surface area contributed by atoms with Crippen molar-refractivity contribution in [3.63, 3.8) is 0 Å². The molecule has 0 amide bonds. The van der Waals surface area contributed by atoms with Crippen LogP contribution in [0.25, 0.3) is 0 Å². The standard InChI is InChI=1S/C19H18O4/c20-17(21)10-15-13-8-4-5-9-14(13)19(16(15)11-18(22)23)12-6-2-1-3-7-12/h1-9,15-16,19H,10-11H2,(H,20,21)(H,22,23). The molecule has 0 spiro atoms. The van der Waals surface area contributed by atoms with Gasteiger partial charge in [0.15, 0.2) is 0 Å². The third kappa shape index (κ3) is 2.97. The van der Waals surface area contributed by atoms with E-state index in [2.05, 4.69) is 0 Å². The molecule has 3 atom stereocenters. The largest absolute Gasteiger partial charge is 0.481 e. The number of carboxylic acids is 2. The van der Waals surface area contributed by atoms with Gasteiger partial charge in [-0.05, 0) is 28.5 Å². The van der Waals surface area contributed by atoms with Gasteiger partial charge in [-0.2, -0.15) is 0 Å². The Morgan fingerprint density at radius 3 is 1.96 bits per heavy atom. The summed E-state index contributed by atoms with van der Waals surface area (Å²) >= 11 is 0. The molecule has 3 rings (SSSR count). The summed E-state index contributed by atoms with van der Waals surface area (Å²) in [6.45, 7) is 0. The van der Waals surface area contributed by atoms with E-state index in [1.54, 1.807) is 0 Å². The molecule has 0 bridgehead atoms. The van der Waals surface area contributed by atoms with Gasteiger partial charge in [0, 0.05) is 12.3 Å². The first-order valence-electron chi connectivity index (χ1n) is 7.65. The fourth-order valence-electron chi connectivity index (χ4n) is 3.82. The van der Waals surface area contributed by atoms with Gasteiger partial charge >= 0.3 is 11.9 Å². The van der Waals surface area contributed by atoms with Gasteiger partial charge in [-0.1, -0.05) is 54.6 Å². The summed E-state index contributed by atoms with van der Waals surface area (Å²) in [4.78, 5) is 22.7. The zero-order valence-electron chi connectivity index (χ0n) is 12.6. The van der Waals surface area contributed by atoms with Crippen molar-refractivity contribution >= 4 is 11.9 Å². The average molecular weight is 310 g/mol. The molecule has 2 N–H and O–H groups in total. The van der Waals surface area contributed by atoms with Gasteiger partial charge in [0.2, 0.25) is 0 Å². The minimum Gasteiger partial charge on any atom is -0.481 e. The first-order valence-corrected chi connectivity index (χ1v) is 7.65. The monoisotopic (exact) mass is 310 g/mol. The zero-order chi connectivity index (χ0) is 16.4. The van der Waals surface area contributed by atoms with Crippen LogP contribution < -0.4 is 0 Å². The van der Waals surface area contributed by atoms with Crippen LogP contribution in [-0.2, 0) is 9.59 Å². The summed E-state index contributed by atoms with van der Waals surface area (Å²) in [5, 5.41) is 18.6. The number of carboxylic acid groups (broad SMARTS) is 2. The maximum absolute atomic E-state index is 11.4. The summed E-state index contributed by atoms with van der Waals surface area (Å²) in [6, 6.07) is 17.5. The van der Waals surface area contributed by atoms with Gasteiger partial charge < -0.3 is 10.2 Å². The predicted octanol–water partition coefficient (Wildman–Crippen LogP) is 3.48. The number of hydrogen-bond acceptors (Lipinski definition) is 2. The Morgan fingerprint density at radius 1 is 0.783 bits per heavy atom. The van der Waals surface area contributed by atoms with E-state index in [0.29, 0.717) is 0 Å². The molecule has 2 aromatic carbocycles. The molecule has 4 nitrogen and oxygen atoms in total. The van der Waals surface area contributed by atoms with Crippen LogP contribution in [0.1, 0.15) is 41.4 Å². The second-order valence-electron chi connectivity index (χ2n) is 5.98. The molecule has 0 saturated carbocycles. The van der Waals surface area contributed by atoms with E-state index in [-0.39, 0.29) is 30.6 Å². The maximum Gasteiger partial charge on any atom is 0.303 e. The number of fused-ring (bicyclic) bond motifs is 1. The molecule has 0 fully saturated rings. The Balaban J connectivity index is 2.11. The van der Waals surface area contributed by atoms with Crippen molar-refractivity contribution in [1.82, 2.24) is 0 Å². The average Bonchev–Trinajstić information content (AvgIpc) is 2.81. The van der Waals surface area contributed by atoms with E-state index in [1.807, 2.05) is 54.6 Å². The normalized spacial score (nSPS) is 22.5. The van der Waals surface area contributed by atoms with Crippen molar-refractivity contribution in [3.05, 3.63) is 71.3 Å². The molecule has 0 saturated heterocycles. The molecule has 23 heavy (non-hydrogen) atoms. The van der Waals surface area contributed by atoms with Crippen molar-refractivity contribution in [3.8, 4) is 0 Å². The Bertz CT molecular complexity index is 723. The second kappa shape index (κ2) is 6.24. The van der Waals surface area contributed by atoms with Crippen molar-refractivity contribution in [2.24, 2.45) is 5.92 Å². The van der Waals surface area contributed by atoms with Gasteiger partial charge in [-0.15, -0.1) is 0 Å². The predicted molar refractivity (Wildman–Crippen MR) is 85.5 cm³/mol. The summed E-state index contributed by atoms with van der Waals surface area (Å²) in [7, 11) is 0. The third-order valence-electron chi connectivity index (χ3n) is 4.64. The smallest absolute Gasteiger partial charge is 0.303 e. The maximum atomic E-state index is 11.4. The van der Waals surface area contributed by atoms with Crippen LogP contribution in [0.15, 0.2) is 54.6 Å². The highest BCUT2D eigenvalue weighted by molar-refractivity contribution is 5.71. The summed E-state index contributed by atoms with van der Waals surface area (Å²) in [5.74, 6) is -2.38. The number of carbonyl (C=O) groups is 2. The lowest BCUT2D eigenvalue weighted by atomic mass is 9.79. The molecule has 0 aromatic heterocycles. The fourth-order valence-corrected chi connectivity index (χ4v) is 3.82. The van der Waals surface area contributed by atoms with E-state index in [4.69, 9.17) is 0 Å². The van der Waals surface area contributed by atoms with Crippen LogP contribution >= 0.6 is 0 Å². The highest BCUT2D eigenvalue weighted by Gasteiger charge is 2.42. The number of rotatable bonds is 5. The van der Waals surface area contributed by atoms with Crippen LogP contribution in [0.5, 0.6) is 0 Å². The van der Waals surface area contributed by atoms with Crippen LogP contribution in [0.3, 0.4) is 0 Å². The van der Waals surface area contributed by atoms with Gasteiger partial charge in [-0.25, -0.2) is 0 Å². The fraction of sp³-hybridized carbons (Fsp3) is 0.263. The summed E-state index contributed by atoms with van der Waals surface area (Å²) in [5.41, 5.74) is 3.06. The van der Waals surface area contributed by atoms with Gasteiger partial charge in [0.05, 0.1) is 6.42 Å². The van der Waals surface area contributed by atoms with E-state index >= 15 is 0 Å². The van der Waals surface area contributed by atoms with Crippen molar-refractivity contribution in [2.75, 3.05) is 0 Å². The lowest BCUT2D eigenvalue weighted by Gasteiger charge is -2.23. The molecule has 1 aliphatic rings. The lowest BCUT2D eigenvalue weighted by molar-refractivity contribution is -0.140. The van der Waals surface area contributed by atoms with Crippen LogP contribution in [0, 0.1) is 5.92 Å². The Hall–Kier alpha value is -2.62. The van der Waals surface area contributed by atoms with Gasteiger partial charge in [0.25, 0.3) is 0 Å². The molecule has 4 heteroatoms. The molecular formula is C19H18O4. The first-order chi connectivity index (χ1) is 11.1. The third-order valence-corrected chi connectivity index (χ3v) is 4.64. The molecule has 1 aliphatic carbocycles. The SMILES string of the molecule is O=C(O)CC1c2ccccc2C(c2ccccc2)C1CC(=O)O. The molecule has 3 unspecified atom stereocenters. The van der Waals surface area contributed by atoms with E-state index in [9.17, 15) is 19.8 Å². The highest BCUT2D eigenvalue weighted by Crippen LogP contribution is 2.52. The minimum atomic E-state index is -0.895. The van der Waals surface area contributed by atoms with Crippen LogP contribution in [-0.4, -0.2) is 22.2 Å². The van der Waals surface area contributed by atoms with Crippen LogP contribution in [0.2, 0.25) is 0 Å². The summed E-state index contributed by atoms with van der Waals surface area (Å²) < 4.78 is 0. The van der Waals surface area contributed by atoms with E-state index in [1.165, 1.54) is 0 Å². The molecule has 0 heterocycles. The molecule has 0 aliphatic heterocycles. The van der Waals surface area contributed by atoms with Crippen molar-refractivity contribution in [2.45, 2.75) is 24.7 Å². The minimum absolute atomic E-state index is 0.0355. The topological polar surface area (TPSA) is 74.6 Å². The zero-order valence-corrected chi connectivity index (χ0v) is 12.6. The quantitative estimate of drug-likeness (QED) is 0.886. The van der Waals surface area contributed by atoms with E-state index < -0.39 is 11.9 Å². The Kier molecular flexibility index (Phi) is 4.15. The number of benzene rings is 2. The molecule has 0 radical (unpaired) electrons. The van der Waals surface area contributed by atoms with Gasteiger partial charge in [0.1, 0.15) is 0 Å². The Morgan fingerprint density at radius 2 is 1.35 bits per heavy atom. The second-order valence-corrected chi connectivity index (χ2v) is 5.98. The molecule has 2 aromatic rings. The first kappa shape index (κ1) is 15.3. The highest BCUT2D eigenvalue weighted by atomic mass is 16.4. The van der Waals surface area contributed by atoms with Crippen molar-refractivity contribution in [1.29, 1.82) is 0 Å². The lowest BCUT2D eigenvalue weighted by Crippen LogP contribution is -2.19. The molecule has 118 valence electrons. The van der Waals surface area contributed by atoms with Crippen molar-refractivity contribution < 1.29 is 19.8 Å². The van der Waals surface area contributed by atoms with Gasteiger partial charge in [-0.3, -0.25) is 9.59 Å².